The second kappa shape index (κ2) is 4.99. The van der Waals surface area contributed by atoms with Crippen molar-refractivity contribution < 1.29 is 9.47 Å². The maximum Gasteiger partial charge on any atom is 0.161 e. The number of fused-ring (bicyclic) bond motifs is 1. The molecule has 90 valence electrons. The maximum atomic E-state index is 5.32. The molecular formula is C13H16N2O2. The predicted octanol–water partition coefficient (Wildman–Crippen LogP) is 2.44. The van der Waals surface area contributed by atoms with Crippen molar-refractivity contribution in [3.05, 3.63) is 23.3 Å². The lowest BCUT2D eigenvalue weighted by Gasteiger charge is -2.13. The number of nitrogens with zero attached hydrogens (tertiary/aromatic N) is 2. The molecule has 0 amide bonds. The van der Waals surface area contributed by atoms with E-state index < -0.39 is 0 Å². The summed E-state index contributed by atoms with van der Waals surface area (Å²) in [6, 6.07) is 3.97. The van der Waals surface area contributed by atoms with Gasteiger partial charge in [0.2, 0.25) is 0 Å². The minimum Gasteiger partial charge on any atom is -0.493 e. The highest BCUT2D eigenvalue weighted by atomic mass is 16.5. The molecule has 0 N–H and O–H groups in total. The molecule has 0 unspecified atom stereocenters. The highest BCUT2D eigenvalue weighted by molar-refractivity contribution is 6.03. The Labute approximate surface area is 101 Å². The van der Waals surface area contributed by atoms with Crippen LogP contribution >= 0.6 is 0 Å². The van der Waals surface area contributed by atoms with Crippen LogP contribution in [0.2, 0.25) is 0 Å². The Morgan fingerprint density at radius 2 is 1.88 bits per heavy atom. The fourth-order valence-electron chi connectivity index (χ4n) is 1.92. The molecule has 1 heterocycles. The van der Waals surface area contributed by atoms with Crippen molar-refractivity contribution >= 4 is 11.9 Å². The van der Waals surface area contributed by atoms with Gasteiger partial charge in [-0.25, -0.2) is 0 Å². The van der Waals surface area contributed by atoms with E-state index in [0.717, 1.165) is 35.6 Å². The van der Waals surface area contributed by atoms with Gasteiger partial charge < -0.3 is 9.47 Å². The highest BCUT2D eigenvalue weighted by Crippen LogP contribution is 2.32. The summed E-state index contributed by atoms with van der Waals surface area (Å²) >= 11 is 0. The van der Waals surface area contributed by atoms with Gasteiger partial charge in [0.1, 0.15) is 0 Å². The number of rotatable bonds is 3. The zero-order chi connectivity index (χ0) is 12.3. The minimum absolute atomic E-state index is 0.731. The molecule has 1 aromatic carbocycles. The number of hydrogen-bond donors (Lipinski definition) is 0. The van der Waals surface area contributed by atoms with E-state index in [0.29, 0.717) is 0 Å². The van der Waals surface area contributed by atoms with Gasteiger partial charge in [0.15, 0.2) is 11.5 Å². The molecule has 1 aliphatic heterocycles. The van der Waals surface area contributed by atoms with Crippen molar-refractivity contribution in [2.45, 2.75) is 19.8 Å². The molecule has 0 aromatic heterocycles. The summed E-state index contributed by atoms with van der Waals surface area (Å²) in [5.74, 6) is 1.48. The van der Waals surface area contributed by atoms with Crippen molar-refractivity contribution in [1.82, 2.24) is 0 Å². The lowest BCUT2D eigenvalue weighted by atomic mass is 9.98. The second-order valence-electron chi connectivity index (χ2n) is 3.77. The monoisotopic (exact) mass is 232 g/mol. The molecular weight excluding hydrogens is 216 g/mol. The Morgan fingerprint density at radius 3 is 2.53 bits per heavy atom. The van der Waals surface area contributed by atoms with Crippen LogP contribution in [-0.2, 0) is 6.42 Å². The van der Waals surface area contributed by atoms with Crippen LogP contribution < -0.4 is 9.47 Å². The van der Waals surface area contributed by atoms with E-state index in [4.69, 9.17) is 9.47 Å². The SMILES string of the molecule is CCC1=NN=CCc2cc(OC)c(OC)cc21. The molecule has 0 radical (unpaired) electrons. The van der Waals surface area contributed by atoms with Crippen LogP contribution in [0.5, 0.6) is 11.5 Å². The molecule has 0 spiro atoms. The molecule has 0 fully saturated rings. The van der Waals surface area contributed by atoms with Gasteiger partial charge in [-0.3, -0.25) is 0 Å². The largest absolute Gasteiger partial charge is 0.493 e. The van der Waals surface area contributed by atoms with Gasteiger partial charge in [0.05, 0.1) is 19.9 Å². The third kappa shape index (κ3) is 2.16. The first-order chi connectivity index (χ1) is 8.30. The molecule has 2 rings (SSSR count). The zero-order valence-electron chi connectivity index (χ0n) is 10.4. The number of ether oxygens (including phenoxy) is 2. The van der Waals surface area contributed by atoms with Crippen molar-refractivity contribution in [3.63, 3.8) is 0 Å². The van der Waals surface area contributed by atoms with Gasteiger partial charge >= 0.3 is 0 Å². The molecule has 0 saturated heterocycles. The zero-order valence-corrected chi connectivity index (χ0v) is 10.4. The van der Waals surface area contributed by atoms with E-state index in [1.54, 1.807) is 14.2 Å². The van der Waals surface area contributed by atoms with Crippen LogP contribution in [0, 0.1) is 0 Å². The molecule has 0 saturated carbocycles. The molecule has 4 nitrogen and oxygen atoms in total. The van der Waals surface area contributed by atoms with Crippen LogP contribution in [-0.4, -0.2) is 26.1 Å². The molecule has 1 aromatic rings. The molecule has 4 heteroatoms. The topological polar surface area (TPSA) is 43.2 Å². The van der Waals surface area contributed by atoms with Gasteiger partial charge in [-0.15, -0.1) is 0 Å². The Morgan fingerprint density at radius 1 is 1.18 bits per heavy atom. The summed E-state index contributed by atoms with van der Waals surface area (Å²) in [6.07, 6.45) is 3.43. The molecule has 0 bridgehead atoms. The third-order valence-electron chi connectivity index (χ3n) is 2.83. The van der Waals surface area contributed by atoms with Gasteiger partial charge in [-0.2, -0.15) is 10.2 Å². The van der Waals surface area contributed by atoms with Crippen molar-refractivity contribution in [2.24, 2.45) is 10.2 Å². The fraction of sp³-hybridized carbons (Fsp3) is 0.385. The van der Waals surface area contributed by atoms with E-state index in [1.807, 2.05) is 18.3 Å². The lowest BCUT2D eigenvalue weighted by molar-refractivity contribution is 0.354. The second-order valence-corrected chi connectivity index (χ2v) is 3.77. The normalized spacial score (nSPS) is 13.7. The van der Waals surface area contributed by atoms with E-state index in [-0.39, 0.29) is 0 Å². The average molecular weight is 232 g/mol. The van der Waals surface area contributed by atoms with Crippen molar-refractivity contribution in [1.29, 1.82) is 0 Å². The highest BCUT2D eigenvalue weighted by Gasteiger charge is 2.15. The van der Waals surface area contributed by atoms with E-state index in [1.165, 1.54) is 5.56 Å². The van der Waals surface area contributed by atoms with Crippen LogP contribution in [0.3, 0.4) is 0 Å². The van der Waals surface area contributed by atoms with Crippen LogP contribution in [0.4, 0.5) is 0 Å². The molecule has 17 heavy (non-hydrogen) atoms. The van der Waals surface area contributed by atoms with Crippen LogP contribution in [0.25, 0.3) is 0 Å². The minimum atomic E-state index is 0.731. The molecule has 0 atom stereocenters. The summed E-state index contributed by atoms with van der Waals surface area (Å²) in [5, 5.41) is 8.23. The van der Waals surface area contributed by atoms with Crippen LogP contribution in [0.15, 0.2) is 22.3 Å². The summed E-state index contributed by atoms with van der Waals surface area (Å²) in [6.45, 7) is 2.07. The predicted molar refractivity (Wildman–Crippen MR) is 68.6 cm³/mol. The summed E-state index contributed by atoms with van der Waals surface area (Å²) in [7, 11) is 3.28. The van der Waals surface area contributed by atoms with Gasteiger partial charge in [0, 0.05) is 18.2 Å². The quantitative estimate of drug-likeness (QED) is 0.803. The van der Waals surface area contributed by atoms with E-state index in [2.05, 4.69) is 17.1 Å². The first-order valence-corrected chi connectivity index (χ1v) is 5.63. The van der Waals surface area contributed by atoms with E-state index >= 15 is 0 Å². The Balaban J connectivity index is 2.57. The molecule has 0 aliphatic carbocycles. The number of hydrogen-bond acceptors (Lipinski definition) is 4. The first-order valence-electron chi connectivity index (χ1n) is 5.63. The average Bonchev–Trinajstić information content (AvgIpc) is 2.58. The third-order valence-corrected chi connectivity index (χ3v) is 2.83. The summed E-state index contributed by atoms with van der Waals surface area (Å²) in [4.78, 5) is 0. The van der Waals surface area contributed by atoms with Crippen molar-refractivity contribution in [2.75, 3.05) is 14.2 Å². The van der Waals surface area contributed by atoms with Gasteiger partial charge in [-0.1, -0.05) is 6.92 Å². The Kier molecular flexibility index (Phi) is 3.42. The van der Waals surface area contributed by atoms with E-state index in [9.17, 15) is 0 Å². The summed E-state index contributed by atoms with van der Waals surface area (Å²) in [5.41, 5.74) is 3.25. The Hall–Kier alpha value is -1.84. The fourth-order valence-corrected chi connectivity index (χ4v) is 1.92. The Bertz CT molecular complexity index is 479. The maximum absolute atomic E-state index is 5.32. The standard InChI is InChI=1S/C13H16N2O2/c1-4-11-10-8-13(17-3)12(16-2)7-9(10)5-6-14-15-11/h6-8H,4-5H2,1-3H3. The smallest absolute Gasteiger partial charge is 0.161 e. The molecule has 1 aliphatic rings. The van der Waals surface area contributed by atoms with Gasteiger partial charge in [-0.05, 0) is 24.1 Å². The number of benzene rings is 1. The van der Waals surface area contributed by atoms with Gasteiger partial charge in [0.25, 0.3) is 0 Å². The number of methoxy groups -OCH3 is 2. The van der Waals surface area contributed by atoms with Crippen LogP contribution in [0.1, 0.15) is 24.5 Å². The summed E-state index contributed by atoms with van der Waals surface area (Å²) < 4.78 is 10.6. The van der Waals surface area contributed by atoms with Crippen molar-refractivity contribution in [3.8, 4) is 11.5 Å². The first kappa shape index (κ1) is 11.6. The lowest BCUT2D eigenvalue weighted by Crippen LogP contribution is -2.04.